The van der Waals surface area contributed by atoms with E-state index in [1.54, 1.807) is 0 Å². The van der Waals surface area contributed by atoms with E-state index in [4.69, 9.17) is 4.74 Å². The van der Waals surface area contributed by atoms with Crippen LogP contribution in [0.5, 0.6) is 0 Å². The predicted octanol–water partition coefficient (Wildman–Crippen LogP) is 4.45. The smallest absolute Gasteiger partial charge is 0.407 e. The number of thiophene rings is 1. The summed E-state index contributed by atoms with van der Waals surface area (Å²) >= 11 is 1.48. The summed E-state index contributed by atoms with van der Waals surface area (Å²) in [5.41, 5.74) is 1.90. The van der Waals surface area contributed by atoms with Crippen molar-refractivity contribution in [3.8, 4) is 10.7 Å². The molecule has 0 spiro atoms. The molecule has 0 bridgehead atoms. The molecular formula is C20H20FN3O4S. The van der Waals surface area contributed by atoms with Crippen molar-refractivity contribution in [1.82, 2.24) is 14.9 Å². The van der Waals surface area contributed by atoms with Gasteiger partial charge in [-0.15, -0.1) is 11.3 Å². The molecule has 2 aromatic heterocycles. The van der Waals surface area contributed by atoms with E-state index in [0.717, 1.165) is 21.4 Å². The van der Waals surface area contributed by atoms with Crippen molar-refractivity contribution >= 4 is 34.4 Å². The number of halogens is 1. The highest BCUT2D eigenvalue weighted by Crippen LogP contribution is 2.43. The molecule has 1 aliphatic heterocycles. The molecule has 0 saturated carbocycles. The molecule has 152 valence electrons. The van der Waals surface area contributed by atoms with Gasteiger partial charge >= 0.3 is 12.1 Å². The molecule has 0 fully saturated rings. The number of hydrogen-bond donors (Lipinski definition) is 2. The zero-order chi connectivity index (χ0) is 20.9. The van der Waals surface area contributed by atoms with E-state index in [1.165, 1.54) is 29.4 Å². The molecule has 3 heterocycles. The van der Waals surface area contributed by atoms with Gasteiger partial charge in [-0.3, -0.25) is 4.90 Å². The maximum absolute atomic E-state index is 13.9. The van der Waals surface area contributed by atoms with Gasteiger partial charge in [0.15, 0.2) is 0 Å². The van der Waals surface area contributed by atoms with Crippen LogP contribution >= 0.6 is 11.3 Å². The fourth-order valence-corrected chi connectivity index (χ4v) is 5.31. The maximum atomic E-state index is 13.9. The summed E-state index contributed by atoms with van der Waals surface area (Å²) in [6, 6.07) is 4.18. The molecule has 9 heteroatoms. The van der Waals surface area contributed by atoms with Crippen molar-refractivity contribution in [2.45, 2.75) is 26.3 Å². The number of benzene rings is 1. The summed E-state index contributed by atoms with van der Waals surface area (Å²) < 4.78 is 18.7. The number of aromatic nitrogens is 2. The molecule has 2 N–H and O–H groups in total. The second-order valence-corrected chi connectivity index (χ2v) is 8.43. The minimum absolute atomic E-state index is 0.0587. The van der Waals surface area contributed by atoms with Gasteiger partial charge in [0.25, 0.3) is 0 Å². The first-order valence-corrected chi connectivity index (χ1v) is 10.0. The molecule has 1 unspecified atom stereocenters. The van der Waals surface area contributed by atoms with Crippen LogP contribution in [0.2, 0.25) is 0 Å². The molecule has 1 aromatic carbocycles. The number of methoxy groups -OCH3 is 1. The fourth-order valence-electron chi connectivity index (χ4n) is 3.87. The van der Waals surface area contributed by atoms with Crippen molar-refractivity contribution in [2.24, 2.45) is 5.92 Å². The normalized spacial score (nSPS) is 16.3. The number of esters is 1. The van der Waals surface area contributed by atoms with Crippen LogP contribution in [0.1, 0.15) is 40.7 Å². The van der Waals surface area contributed by atoms with Gasteiger partial charge in [0.05, 0.1) is 29.1 Å². The van der Waals surface area contributed by atoms with E-state index in [-0.39, 0.29) is 17.5 Å². The van der Waals surface area contributed by atoms with Crippen LogP contribution in [0, 0.1) is 11.7 Å². The second-order valence-electron chi connectivity index (χ2n) is 7.34. The van der Waals surface area contributed by atoms with E-state index >= 15 is 0 Å². The average molecular weight is 417 g/mol. The Kier molecular flexibility index (Phi) is 4.77. The Hall–Kier alpha value is -2.94. The SMILES string of the molecule is COC(=O)c1cc(F)cc2[nH]c(-c3cc4c(s3)C(C(C)C)N(C(=O)O)CC4)nc12. The van der Waals surface area contributed by atoms with Crippen LogP contribution in [0.15, 0.2) is 18.2 Å². The average Bonchev–Trinajstić information content (AvgIpc) is 3.28. The molecule has 4 rings (SSSR count). The van der Waals surface area contributed by atoms with Gasteiger partial charge in [0.2, 0.25) is 0 Å². The van der Waals surface area contributed by atoms with Crippen molar-refractivity contribution in [1.29, 1.82) is 0 Å². The lowest BCUT2D eigenvalue weighted by Gasteiger charge is -2.36. The van der Waals surface area contributed by atoms with E-state index in [2.05, 4.69) is 9.97 Å². The molecule has 1 amide bonds. The third-order valence-corrected chi connectivity index (χ3v) is 6.39. The molecule has 1 aliphatic rings. The molecule has 0 radical (unpaired) electrons. The van der Waals surface area contributed by atoms with Crippen LogP contribution in [-0.4, -0.2) is 45.7 Å². The Morgan fingerprint density at radius 2 is 2.14 bits per heavy atom. The zero-order valence-corrected chi connectivity index (χ0v) is 17.0. The third kappa shape index (κ3) is 3.25. The molecule has 3 aromatic rings. The number of rotatable bonds is 3. The zero-order valence-electron chi connectivity index (χ0n) is 16.2. The number of carbonyl (C=O) groups excluding carboxylic acids is 1. The van der Waals surface area contributed by atoms with Crippen LogP contribution in [0.4, 0.5) is 9.18 Å². The van der Waals surface area contributed by atoms with Gasteiger partial charge in [-0.1, -0.05) is 13.8 Å². The number of carbonyl (C=O) groups is 2. The molecule has 0 saturated heterocycles. The number of H-pyrrole nitrogens is 1. The predicted molar refractivity (Wildman–Crippen MR) is 107 cm³/mol. The van der Waals surface area contributed by atoms with Gasteiger partial charge < -0.3 is 14.8 Å². The summed E-state index contributed by atoms with van der Waals surface area (Å²) in [5, 5.41) is 9.57. The van der Waals surface area contributed by atoms with Crippen LogP contribution in [0.25, 0.3) is 21.7 Å². The van der Waals surface area contributed by atoms with Crippen molar-refractivity contribution in [3.63, 3.8) is 0 Å². The lowest BCUT2D eigenvalue weighted by Crippen LogP contribution is -2.40. The van der Waals surface area contributed by atoms with E-state index in [0.29, 0.717) is 29.8 Å². The quantitative estimate of drug-likeness (QED) is 0.614. The lowest BCUT2D eigenvalue weighted by atomic mass is 9.93. The second kappa shape index (κ2) is 7.14. The third-order valence-electron chi connectivity index (χ3n) is 5.14. The summed E-state index contributed by atoms with van der Waals surface area (Å²) in [6.07, 6.45) is -0.296. The number of hydrogen-bond acceptors (Lipinski definition) is 5. The largest absolute Gasteiger partial charge is 0.465 e. The number of imidazole rings is 1. The number of fused-ring (bicyclic) bond motifs is 2. The minimum atomic E-state index is -0.925. The molecule has 1 atom stereocenters. The monoisotopic (exact) mass is 417 g/mol. The highest BCUT2D eigenvalue weighted by molar-refractivity contribution is 7.15. The molecule has 7 nitrogen and oxygen atoms in total. The van der Waals surface area contributed by atoms with Crippen molar-refractivity contribution in [3.05, 3.63) is 40.0 Å². The Morgan fingerprint density at radius 1 is 1.38 bits per heavy atom. The number of amides is 1. The summed E-state index contributed by atoms with van der Waals surface area (Å²) in [7, 11) is 1.24. The molecule has 0 aliphatic carbocycles. The lowest BCUT2D eigenvalue weighted by molar-refractivity contribution is 0.0602. The Labute approximate surface area is 170 Å². The summed E-state index contributed by atoms with van der Waals surface area (Å²) in [6.45, 7) is 4.45. The minimum Gasteiger partial charge on any atom is -0.465 e. The van der Waals surface area contributed by atoms with Crippen molar-refractivity contribution < 1.29 is 23.8 Å². The number of carboxylic acid groups (broad SMARTS) is 1. The highest BCUT2D eigenvalue weighted by atomic mass is 32.1. The fraction of sp³-hybridized carbons (Fsp3) is 0.350. The molecule has 29 heavy (non-hydrogen) atoms. The van der Waals surface area contributed by atoms with Gasteiger partial charge in [0.1, 0.15) is 17.2 Å². The van der Waals surface area contributed by atoms with E-state index < -0.39 is 17.9 Å². The highest BCUT2D eigenvalue weighted by Gasteiger charge is 2.35. The first-order chi connectivity index (χ1) is 13.8. The number of nitrogens with zero attached hydrogens (tertiary/aromatic N) is 2. The van der Waals surface area contributed by atoms with Gasteiger partial charge in [-0.05, 0) is 36.1 Å². The van der Waals surface area contributed by atoms with Crippen molar-refractivity contribution in [2.75, 3.05) is 13.7 Å². The summed E-state index contributed by atoms with van der Waals surface area (Å²) in [4.78, 5) is 34.6. The molecular weight excluding hydrogens is 397 g/mol. The van der Waals surface area contributed by atoms with Gasteiger partial charge in [0, 0.05) is 11.4 Å². The maximum Gasteiger partial charge on any atom is 0.407 e. The van der Waals surface area contributed by atoms with E-state index in [1.807, 2.05) is 19.9 Å². The first-order valence-electron chi connectivity index (χ1n) is 9.20. The Balaban J connectivity index is 1.81. The Morgan fingerprint density at radius 3 is 2.79 bits per heavy atom. The number of nitrogens with one attached hydrogen (secondary N) is 1. The standard InChI is InChI=1S/C20H20FN3O4S/c1-9(2)16-17-10(4-5-24(16)20(26)27)6-14(29-17)18-22-13-8-11(21)7-12(15(13)23-18)19(25)28-3/h6-9,16H,4-5H2,1-3H3,(H,22,23)(H,26,27). The van der Waals surface area contributed by atoms with E-state index in [9.17, 15) is 19.1 Å². The number of aromatic amines is 1. The van der Waals surface area contributed by atoms with Crippen LogP contribution in [-0.2, 0) is 11.2 Å². The van der Waals surface area contributed by atoms with Crippen LogP contribution in [0.3, 0.4) is 0 Å². The topological polar surface area (TPSA) is 95.5 Å². The van der Waals surface area contributed by atoms with Gasteiger partial charge in [-0.25, -0.2) is 19.0 Å². The Bertz CT molecular complexity index is 1120. The van der Waals surface area contributed by atoms with Gasteiger partial charge in [-0.2, -0.15) is 0 Å². The summed E-state index contributed by atoms with van der Waals surface area (Å²) in [5.74, 6) is -0.586. The van der Waals surface area contributed by atoms with Crippen LogP contribution < -0.4 is 0 Å². The number of ether oxygens (including phenoxy) is 1. The first kappa shape index (κ1) is 19.4.